The minimum absolute atomic E-state index is 0.0103. The van der Waals surface area contributed by atoms with Crippen molar-refractivity contribution >= 4 is 5.69 Å². The number of fused-ring (bicyclic) bond motifs is 1. The molecule has 0 aliphatic carbocycles. The molecule has 4 rings (SSSR count). The van der Waals surface area contributed by atoms with Gasteiger partial charge in [0.2, 0.25) is 0 Å². The largest absolute Gasteiger partial charge is 0.366 e. The minimum atomic E-state index is -0.0103. The number of benzene rings is 2. The highest BCUT2D eigenvalue weighted by Crippen LogP contribution is 2.33. The third-order valence-electron chi connectivity index (χ3n) is 5.85. The first-order valence-electron chi connectivity index (χ1n) is 10.6. The number of rotatable bonds is 5. The summed E-state index contributed by atoms with van der Waals surface area (Å²) in [6.45, 7) is 7.88. The smallest absolute Gasteiger partial charge is 0.256 e. The molecule has 2 aromatic carbocycles. The summed E-state index contributed by atoms with van der Waals surface area (Å²) in [4.78, 5) is 23.4. The molecule has 1 aromatic heterocycles. The predicted octanol–water partition coefficient (Wildman–Crippen LogP) is 5.35. The highest BCUT2D eigenvalue weighted by atomic mass is 16.1. The second-order valence-corrected chi connectivity index (χ2v) is 8.20. The Morgan fingerprint density at radius 2 is 1.69 bits per heavy atom. The zero-order valence-electron chi connectivity index (χ0n) is 17.5. The molecule has 4 nitrogen and oxygen atoms in total. The van der Waals surface area contributed by atoms with E-state index in [0.717, 1.165) is 42.6 Å². The first-order valence-corrected chi connectivity index (χ1v) is 10.6. The van der Waals surface area contributed by atoms with Crippen LogP contribution in [0.15, 0.2) is 53.3 Å². The molecular formula is C25H29N3O. The van der Waals surface area contributed by atoms with E-state index in [0.29, 0.717) is 12.4 Å². The van der Waals surface area contributed by atoms with E-state index in [2.05, 4.69) is 67.1 Å². The Hall–Kier alpha value is -2.88. The van der Waals surface area contributed by atoms with Gasteiger partial charge in [0.05, 0.1) is 17.8 Å². The van der Waals surface area contributed by atoms with Gasteiger partial charge in [-0.1, -0.05) is 67.3 Å². The summed E-state index contributed by atoms with van der Waals surface area (Å²) in [6, 6.07) is 16.7. The summed E-state index contributed by atoms with van der Waals surface area (Å²) in [5, 5.41) is 0. The molecule has 0 radical (unpaired) electrons. The van der Waals surface area contributed by atoms with Crippen LogP contribution in [-0.2, 0) is 6.54 Å². The third-order valence-corrected chi connectivity index (χ3v) is 5.85. The number of nitrogens with zero attached hydrogens (tertiary/aromatic N) is 2. The fourth-order valence-corrected chi connectivity index (χ4v) is 4.09. The molecule has 0 amide bonds. The Bertz CT molecular complexity index is 1040. The average molecular weight is 388 g/mol. The van der Waals surface area contributed by atoms with E-state index in [1.54, 1.807) is 0 Å². The van der Waals surface area contributed by atoms with Gasteiger partial charge in [0.15, 0.2) is 0 Å². The molecule has 0 saturated carbocycles. The maximum absolute atomic E-state index is 13.1. The molecule has 0 spiro atoms. The van der Waals surface area contributed by atoms with Crippen LogP contribution in [0.1, 0.15) is 54.5 Å². The number of aryl methyl sites for hydroxylation is 2. The molecule has 1 N–H and O–H groups in total. The monoisotopic (exact) mass is 387 g/mol. The van der Waals surface area contributed by atoms with E-state index in [9.17, 15) is 4.79 Å². The van der Waals surface area contributed by atoms with Crippen LogP contribution in [0.4, 0.5) is 5.69 Å². The third kappa shape index (κ3) is 4.12. The summed E-state index contributed by atoms with van der Waals surface area (Å²) < 4.78 is 0. The van der Waals surface area contributed by atoms with E-state index in [4.69, 9.17) is 4.98 Å². The van der Waals surface area contributed by atoms with Gasteiger partial charge in [0, 0.05) is 23.7 Å². The highest BCUT2D eigenvalue weighted by Gasteiger charge is 2.29. The lowest BCUT2D eigenvalue weighted by molar-refractivity contribution is 0.522. The van der Waals surface area contributed by atoms with Crippen LogP contribution < -0.4 is 10.5 Å². The maximum Gasteiger partial charge on any atom is 0.256 e. The number of aromatic amines is 1. The standard InChI is InChI=1S/C25H29N3O/c1-4-5-6-20-15-28(21-13-9-18(3)10-14-21)16-22-23(20)26-24(27-25(22)29)19-11-7-17(2)8-12-19/h7-14,20H,4-6,15-16H2,1-3H3,(H,26,27,29). The normalized spacial score (nSPS) is 16.0. The van der Waals surface area contributed by atoms with Gasteiger partial charge in [-0.15, -0.1) is 0 Å². The van der Waals surface area contributed by atoms with Crippen molar-refractivity contribution in [2.45, 2.75) is 52.5 Å². The van der Waals surface area contributed by atoms with Gasteiger partial charge in [-0.2, -0.15) is 0 Å². The second-order valence-electron chi connectivity index (χ2n) is 8.20. The van der Waals surface area contributed by atoms with E-state index >= 15 is 0 Å². The van der Waals surface area contributed by atoms with Gasteiger partial charge in [0.25, 0.3) is 5.56 Å². The molecule has 0 fully saturated rings. The van der Waals surface area contributed by atoms with E-state index in [-0.39, 0.29) is 11.5 Å². The molecule has 1 aliphatic rings. The van der Waals surface area contributed by atoms with Crippen LogP contribution in [0.3, 0.4) is 0 Å². The lowest BCUT2D eigenvalue weighted by Crippen LogP contribution is -2.38. The molecule has 1 atom stereocenters. The topological polar surface area (TPSA) is 49.0 Å². The van der Waals surface area contributed by atoms with Crippen LogP contribution in [0.5, 0.6) is 0 Å². The van der Waals surface area contributed by atoms with Crippen molar-refractivity contribution in [3.05, 3.63) is 81.3 Å². The van der Waals surface area contributed by atoms with E-state index < -0.39 is 0 Å². The molecular weight excluding hydrogens is 358 g/mol. The number of hydrogen-bond donors (Lipinski definition) is 1. The Labute approximate surface area is 172 Å². The molecule has 1 unspecified atom stereocenters. The SMILES string of the molecule is CCCCC1CN(c2ccc(C)cc2)Cc2c1nc(-c1ccc(C)cc1)[nH]c2=O. The second kappa shape index (κ2) is 8.24. The fraction of sp³-hybridized carbons (Fsp3) is 0.360. The quantitative estimate of drug-likeness (QED) is 0.642. The summed E-state index contributed by atoms with van der Waals surface area (Å²) in [6.07, 6.45) is 3.33. The fourth-order valence-electron chi connectivity index (χ4n) is 4.09. The van der Waals surface area contributed by atoms with Crippen molar-refractivity contribution < 1.29 is 0 Å². The molecule has 150 valence electrons. The summed E-state index contributed by atoms with van der Waals surface area (Å²) >= 11 is 0. The molecule has 1 aliphatic heterocycles. The molecule has 3 aromatic rings. The zero-order chi connectivity index (χ0) is 20.4. The summed E-state index contributed by atoms with van der Waals surface area (Å²) in [5.41, 5.74) is 6.37. The number of aromatic nitrogens is 2. The van der Waals surface area contributed by atoms with Crippen molar-refractivity contribution in [3.63, 3.8) is 0 Å². The molecule has 0 saturated heterocycles. The molecule has 29 heavy (non-hydrogen) atoms. The Kier molecular flexibility index (Phi) is 5.52. The highest BCUT2D eigenvalue weighted by molar-refractivity contribution is 5.57. The Morgan fingerprint density at radius 3 is 2.34 bits per heavy atom. The van der Waals surface area contributed by atoms with Crippen molar-refractivity contribution in [1.29, 1.82) is 0 Å². The number of nitrogens with one attached hydrogen (secondary N) is 1. The number of hydrogen-bond acceptors (Lipinski definition) is 3. The number of H-pyrrole nitrogens is 1. The maximum atomic E-state index is 13.1. The van der Waals surface area contributed by atoms with Gasteiger partial charge in [-0.25, -0.2) is 4.98 Å². The Balaban J connectivity index is 1.74. The zero-order valence-corrected chi connectivity index (χ0v) is 17.5. The van der Waals surface area contributed by atoms with Crippen molar-refractivity contribution in [1.82, 2.24) is 9.97 Å². The van der Waals surface area contributed by atoms with Gasteiger partial charge < -0.3 is 9.88 Å². The van der Waals surface area contributed by atoms with Crippen molar-refractivity contribution in [3.8, 4) is 11.4 Å². The van der Waals surface area contributed by atoms with E-state index in [1.165, 1.54) is 16.8 Å². The average Bonchev–Trinajstić information content (AvgIpc) is 2.73. The molecule has 2 heterocycles. The van der Waals surface area contributed by atoms with Crippen LogP contribution >= 0.6 is 0 Å². The Morgan fingerprint density at radius 1 is 1.03 bits per heavy atom. The summed E-state index contributed by atoms with van der Waals surface area (Å²) in [5.74, 6) is 0.950. The van der Waals surface area contributed by atoms with Crippen molar-refractivity contribution in [2.75, 3.05) is 11.4 Å². The molecule has 0 bridgehead atoms. The van der Waals surface area contributed by atoms with Gasteiger partial charge in [-0.3, -0.25) is 4.79 Å². The van der Waals surface area contributed by atoms with Crippen LogP contribution in [0.2, 0.25) is 0 Å². The van der Waals surface area contributed by atoms with Crippen LogP contribution in [0, 0.1) is 13.8 Å². The molecule has 4 heteroatoms. The van der Waals surface area contributed by atoms with E-state index in [1.807, 2.05) is 12.1 Å². The minimum Gasteiger partial charge on any atom is -0.366 e. The van der Waals surface area contributed by atoms with Crippen LogP contribution in [0.25, 0.3) is 11.4 Å². The first-order chi connectivity index (χ1) is 14.0. The first kappa shape index (κ1) is 19.4. The predicted molar refractivity (Wildman–Crippen MR) is 120 cm³/mol. The van der Waals surface area contributed by atoms with Crippen LogP contribution in [-0.4, -0.2) is 16.5 Å². The summed E-state index contributed by atoms with van der Waals surface area (Å²) in [7, 11) is 0. The van der Waals surface area contributed by atoms with Gasteiger partial charge >= 0.3 is 0 Å². The van der Waals surface area contributed by atoms with Gasteiger partial charge in [0.1, 0.15) is 5.82 Å². The lowest BCUT2D eigenvalue weighted by atomic mass is 9.90. The number of anilines is 1. The lowest BCUT2D eigenvalue weighted by Gasteiger charge is -2.35. The number of unbranched alkanes of at least 4 members (excludes halogenated alkanes) is 1. The van der Waals surface area contributed by atoms with Crippen molar-refractivity contribution in [2.24, 2.45) is 0 Å². The van der Waals surface area contributed by atoms with Gasteiger partial charge in [-0.05, 0) is 32.4 Å².